The van der Waals surface area contributed by atoms with Crippen molar-refractivity contribution in [2.45, 2.75) is 24.8 Å². The van der Waals surface area contributed by atoms with Crippen LogP contribution in [0.4, 0.5) is 0 Å². The summed E-state index contributed by atoms with van der Waals surface area (Å²) in [5.74, 6) is -0.171. The highest BCUT2D eigenvalue weighted by Gasteiger charge is 2.19. The number of sulfone groups is 1. The molecule has 1 atom stereocenters. The van der Waals surface area contributed by atoms with Gasteiger partial charge >= 0.3 is 0 Å². The van der Waals surface area contributed by atoms with Gasteiger partial charge in [-0.1, -0.05) is 30.3 Å². The SMILES string of the molecule is Cc1nn(-c2ccccc2)c2sc(C(=O)NC(C)c3ccc(S(C)(=O)=O)cc3)cc12. The number of hydrogen-bond donors (Lipinski definition) is 1. The fourth-order valence-electron chi connectivity index (χ4n) is 3.26. The lowest BCUT2D eigenvalue weighted by atomic mass is 10.1. The largest absolute Gasteiger partial charge is 0.345 e. The zero-order valence-electron chi connectivity index (χ0n) is 16.8. The van der Waals surface area contributed by atoms with E-state index in [1.807, 2.05) is 54.9 Å². The molecule has 0 aliphatic heterocycles. The second-order valence-corrected chi connectivity index (χ2v) is 10.2. The van der Waals surface area contributed by atoms with Crippen molar-refractivity contribution < 1.29 is 13.2 Å². The quantitative estimate of drug-likeness (QED) is 0.503. The Morgan fingerprint density at radius 3 is 2.40 bits per heavy atom. The van der Waals surface area contributed by atoms with Crippen LogP contribution in [0.15, 0.2) is 65.6 Å². The Morgan fingerprint density at radius 2 is 1.77 bits per heavy atom. The van der Waals surface area contributed by atoms with Gasteiger partial charge < -0.3 is 5.32 Å². The third-order valence-electron chi connectivity index (χ3n) is 4.93. The van der Waals surface area contributed by atoms with E-state index in [1.165, 1.54) is 17.6 Å². The van der Waals surface area contributed by atoms with Gasteiger partial charge in [0.05, 0.1) is 27.2 Å². The molecule has 2 aromatic carbocycles. The first-order valence-corrected chi connectivity index (χ1v) is 12.1. The molecule has 4 aromatic rings. The lowest BCUT2D eigenvalue weighted by Gasteiger charge is -2.14. The van der Waals surface area contributed by atoms with Crippen LogP contribution < -0.4 is 5.32 Å². The average Bonchev–Trinajstić information content (AvgIpc) is 3.29. The lowest BCUT2D eigenvalue weighted by molar-refractivity contribution is 0.0944. The van der Waals surface area contributed by atoms with Crippen LogP contribution in [0.3, 0.4) is 0 Å². The number of para-hydroxylation sites is 1. The van der Waals surface area contributed by atoms with Gasteiger partial charge in [-0.2, -0.15) is 5.10 Å². The van der Waals surface area contributed by atoms with Crippen LogP contribution in [0.2, 0.25) is 0 Å². The number of nitrogens with zero attached hydrogens (tertiary/aromatic N) is 2. The van der Waals surface area contributed by atoms with Crippen LogP contribution in [0.1, 0.15) is 33.9 Å². The number of thiophene rings is 1. The van der Waals surface area contributed by atoms with Crippen molar-refractivity contribution >= 4 is 37.3 Å². The third-order valence-corrected chi connectivity index (χ3v) is 7.16. The summed E-state index contributed by atoms with van der Waals surface area (Å²) in [4.78, 5) is 14.6. The molecule has 30 heavy (non-hydrogen) atoms. The van der Waals surface area contributed by atoms with Gasteiger partial charge in [0, 0.05) is 11.6 Å². The Morgan fingerprint density at radius 1 is 1.10 bits per heavy atom. The number of nitrogens with one attached hydrogen (secondary N) is 1. The van der Waals surface area contributed by atoms with Crippen molar-refractivity contribution in [1.82, 2.24) is 15.1 Å². The molecular formula is C22H21N3O3S2. The number of fused-ring (bicyclic) bond motifs is 1. The van der Waals surface area contributed by atoms with E-state index in [-0.39, 0.29) is 16.8 Å². The van der Waals surface area contributed by atoms with Gasteiger partial charge in [0.2, 0.25) is 0 Å². The fourth-order valence-corrected chi connectivity index (χ4v) is 4.97. The summed E-state index contributed by atoms with van der Waals surface area (Å²) in [6.07, 6.45) is 1.17. The molecule has 0 fully saturated rings. The van der Waals surface area contributed by atoms with Gasteiger partial charge in [0.1, 0.15) is 4.83 Å². The van der Waals surface area contributed by atoms with Gasteiger partial charge in [0.25, 0.3) is 5.91 Å². The summed E-state index contributed by atoms with van der Waals surface area (Å²) in [6.45, 7) is 3.81. The van der Waals surface area contributed by atoms with E-state index in [0.29, 0.717) is 4.88 Å². The van der Waals surface area contributed by atoms with E-state index in [4.69, 9.17) is 0 Å². The van der Waals surface area contributed by atoms with E-state index in [2.05, 4.69) is 10.4 Å². The zero-order valence-corrected chi connectivity index (χ0v) is 18.4. The second kappa shape index (κ2) is 7.70. The number of aromatic nitrogens is 2. The minimum Gasteiger partial charge on any atom is -0.345 e. The molecule has 1 N–H and O–H groups in total. The van der Waals surface area contributed by atoms with Crippen LogP contribution in [0.5, 0.6) is 0 Å². The van der Waals surface area contributed by atoms with Gasteiger partial charge in [-0.15, -0.1) is 11.3 Å². The molecule has 8 heteroatoms. The number of carbonyl (C=O) groups is 1. The highest BCUT2D eigenvalue weighted by molar-refractivity contribution is 7.90. The maximum absolute atomic E-state index is 12.9. The average molecular weight is 440 g/mol. The lowest BCUT2D eigenvalue weighted by Crippen LogP contribution is -2.25. The number of amides is 1. The summed E-state index contributed by atoms with van der Waals surface area (Å²) in [5, 5.41) is 8.55. The first-order valence-electron chi connectivity index (χ1n) is 9.39. The van der Waals surface area contributed by atoms with Crippen molar-refractivity contribution in [3.63, 3.8) is 0 Å². The highest BCUT2D eigenvalue weighted by atomic mass is 32.2. The Hall–Kier alpha value is -2.97. The van der Waals surface area contributed by atoms with E-state index in [9.17, 15) is 13.2 Å². The van der Waals surface area contributed by atoms with E-state index in [1.54, 1.807) is 24.3 Å². The monoisotopic (exact) mass is 439 g/mol. The Bertz CT molecular complexity index is 1320. The van der Waals surface area contributed by atoms with E-state index in [0.717, 1.165) is 27.2 Å². The maximum atomic E-state index is 12.9. The number of rotatable bonds is 5. The van der Waals surface area contributed by atoms with E-state index < -0.39 is 9.84 Å². The molecule has 0 saturated carbocycles. The minimum absolute atomic E-state index is 0.171. The van der Waals surface area contributed by atoms with Crippen molar-refractivity contribution in [2.75, 3.05) is 6.26 Å². The highest BCUT2D eigenvalue weighted by Crippen LogP contribution is 2.30. The van der Waals surface area contributed by atoms with Crippen LogP contribution in [-0.4, -0.2) is 30.4 Å². The molecule has 0 saturated heterocycles. The normalized spacial score (nSPS) is 12.8. The summed E-state index contributed by atoms with van der Waals surface area (Å²) < 4.78 is 25.1. The number of hydrogen-bond acceptors (Lipinski definition) is 5. The van der Waals surface area contributed by atoms with Crippen LogP contribution >= 0.6 is 11.3 Å². The topological polar surface area (TPSA) is 81.1 Å². The van der Waals surface area contributed by atoms with E-state index >= 15 is 0 Å². The molecule has 2 heterocycles. The van der Waals surface area contributed by atoms with Crippen molar-refractivity contribution in [2.24, 2.45) is 0 Å². The predicted octanol–water partition coefficient (Wildman–Crippen LogP) is 4.29. The second-order valence-electron chi connectivity index (χ2n) is 7.20. The summed E-state index contributed by atoms with van der Waals surface area (Å²) in [7, 11) is -3.24. The van der Waals surface area contributed by atoms with Crippen LogP contribution in [0, 0.1) is 6.92 Å². The summed E-state index contributed by atoms with van der Waals surface area (Å²) >= 11 is 1.40. The molecule has 0 aliphatic rings. The minimum atomic E-state index is -3.24. The summed E-state index contributed by atoms with van der Waals surface area (Å²) in [6, 6.07) is 18.0. The molecule has 0 aliphatic carbocycles. The van der Waals surface area contributed by atoms with Crippen molar-refractivity contribution in [1.29, 1.82) is 0 Å². The van der Waals surface area contributed by atoms with Crippen LogP contribution in [-0.2, 0) is 9.84 Å². The standard InChI is InChI=1S/C22H21N3O3S2/c1-14(16-9-11-18(12-10-16)30(3,27)28)23-21(26)20-13-19-15(2)24-25(22(19)29-20)17-7-5-4-6-8-17/h4-14H,1-3H3,(H,23,26). The molecule has 6 nitrogen and oxygen atoms in total. The molecule has 4 rings (SSSR count). The maximum Gasteiger partial charge on any atom is 0.261 e. The molecule has 1 unspecified atom stereocenters. The Labute approximate surface area is 179 Å². The molecule has 1 amide bonds. The first kappa shape index (κ1) is 20.3. The summed E-state index contributed by atoms with van der Waals surface area (Å²) in [5.41, 5.74) is 2.65. The Balaban J connectivity index is 1.58. The molecule has 0 radical (unpaired) electrons. The van der Waals surface area contributed by atoms with Crippen molar-refractivity contribution in [3.8, 4) is 5.69 Å². The predicted molar refractivity (Wildman–Crippen MR) is 119 cm³/mol. The third kappa shape index (κ3) is 3.88. The number of benzene rings is 2. The molecule has 154 valence electrons. The van der Waals surface area contributed by atoms with Gasteiger partial charge in [-0.05, 0) is 49.7 Å². The first-order chi connectivity index (χ1) is 14.2. The molecular weight excluding hydrogens is 418 g/mol. The smallest absolute Gasteiger partial charge is 0.261 e. The molecule has 0 spiro atoms. The van der Waals surface area contributed by atoms with Gasteiger partial charge in [0.15, 0.2) is 9.84 Å². The zero-order chi connectivity index (χ0) is 21.5. The Kier molecular flexibility index (Phi) is 5.21. The fraction of sp³-hybridized carbons (Fsp3) is 0.182. The van der Waals surface area contributed by atoms with Crippen LogP contribution in [0.25, 0.3) is 15.9 Å². The van der Waals surface area contributed by atoms with Gasteiger partial charge in [-0.3, -0.25) is 4.79 Å². The van der Waals surface area contributed by atoms with Gasteiger partial charge in [-0.25, -0.2) is 13.1 Å². The number of carbonyl (C=O) groups excluding carboxylic acids is 1. The molecule has 2 aromatic heterocycles. The molecule has 0 bridgehead atoms. The number of aryl methyl sites for hydroxylation is 1. The van der Waals surface area contributed by atoms with Crippen molar-refractivity contribution in [3.05, 3.63) is 76.8 Å².